The Morgan fingerprint density at radius 3 is 2.47 bits per heavy atom. The lowest BCUT2D eigenvalue weighted by molar-refractivity contribution is -0.129. The van der Waals surface area contributed by atoms with Gasteiger partial charge < -0.3 is 0 Å². The van der Waals surface area contributed by atoms with Crippen LogP contribution >= 0.6 is 0 Å². The van der Waals surface area contributed by atoms with Crippen molar-refractivity contribution >= 4 is 5.78 Å². The van der Waals surface area contributed by atoms with Gasteiger partial charge in [-0.05, 0) is 17.9 Å². The zero-order valence-electron chi connectivity index (χ0n) is 11.1. The molecule has 0 radical (unpaired) electrons. The Hall–Kier alpha value is -0.890. The molecule has 2 nitrogen and oxygen atoms in total. The van der Waals surface area contributed by atoms with Gasteiger partial charge in [0, 0.05) is 31.5 Å². The zero-order chi connectivity index (χ0) is 12.4. The molecule has 0 bridgehead atoms. The summed E-state index contributed by atoms with van der Waals surface area (Å²) in [4.78, 5) is 14.2. The topological polar surface area (TPSA) is 20.3 Å². The van der Waals surface area contributed by atoms with Gasteiger partial charge in [-0.15, -0.1) is 0 Å². The Bertz CT molecular complexity index is 342. The maximum Gasteiger partial charge on any atom is 0.141 e. The van der Waals surface area contributed by atoms with E-state index in [2.05, 4.69) is 43.9 Å². The van der Waals surface area contributed by atoms with E-state index >= 15 is 0 Å². The van der Waals surface area contributed by atoms with Gasteiger partial charge in [0.25, 0.3) is 0 Å². The van der Waals surface area contributed by atoms with Crippen molar-refractivity contribution in [2.75, 3.05) is 19.6 Å². The van der Waals surface area contributed by atoms with Crippen molar-refractivity contribution < 1.29 is 4.79 Å². The van der Waals surface area contributed by atoms with Crippen LogP contribution in [0.2, 0.25) is 0 Å². The average molecular weight is 233 g/mol. The van der Waals surface area contributed by atoms with Gasteiger partial charge in [0.1, 0.15) is 5.78 Å². The summed E-state index contributed by atoms with van der Waals surface area (Å²) < 4.78 is 0. The summed E-state index contributed by atoms with van der Waals surface area (Å²) in [5.41, 5.74) is 1.41. The molecule has 1 aliphatic heterocycles. The number of hydrogen-bond acceptors (Lipinski definition) is 2. The summed E-state index contributed by atoms with van der Waals surface area (Å²) in [6.07, 6.45) is 8.04. The van der Waals surface area contributed by atoms with E-state index in [1.807, 2.05) is 0 Å². The van der Waals surface area contributed by atoms with Crippen LogP contribution in [0, 0.1) is 17.8 Å². The highest BCUT2D eigenvalue weighted by Gasteiger charge is 2.29. The predicted molar refractivity (Wildman–Crippen MR) is 70.8 cm³/mol. The third-order valence-electron chi connectivity index (χ3n) is 3.78. The first-order chi connectivity index (χ1) is 8.06. The largest absolute Gasteiger partial charge is 0.299 e. The van der Waals surface area contributed by atoms with Crippen LogP contribution in [0.3, 0.4) is 0 Å². The molecule has 3 atom stereocenters. The zero-order valence-corrected chi connectivity index (χ0v) is 11.1. The van der Waals surface area contributed by atoms with Crippen molar-refractivity contribution in [3.63, 3.8) is 0 Å². The van der Waals surface area contributed by atoms with Crippen LogP contribution in [0.25, 0.3) is 0 Å². The van der Waals surface area contributed by atoms with Crippen LogP contribution in [-0.2, 0) is 4.79 Å². The van der Waals surface area contributed by atoms with Gasteiger partial charge in [0.2, 0.25) is 0 Å². The minimum atomic E-state index is 0.198. The van der Waals surface area contributed by atoms with E-state index in [0.29, 0.717) is 11.7 Å². The Morgan fingerprint density at radius 2 is 1.88 bits per heavy atom. The van der Waals surface area contributed by atoms with Gasteiger partial charge in [0.15, 0.2) is 0 Å². The van der Waals surface area contributed by atoms with Crippen molar-refractivity contribution in [1.29, 1.82) is 0 Å². The van der Waals surface area contributed by atoms with Crippen molar-refractivity contribution in [1.82, 2.24) is 4.90 Å². The van der Waals surface area contributed by atoms with Gasteiger partial charge in [0.05, 0.1) is 0 Å². The van der Waals surface area contributed by atoms with Crippen LogP contribution in [-0.4, -0.2) is 30.3 Å². The van der Waals surface area contributed by atoms with E-state index in [-0.39, 0.29) is 11.8 Å². The molecule has 1 fully saturated rings. The number of likely N-dealkylation sites (tertiary alicyclic amines) is 1. The fourth-order valence-electron chi connectivity index (χ4n) is 2.93. The SMILES string of the molecule is CC1C=C(CN2C[C@@H](C)C(=O)[C@@H](C)C2)C=CC1. The smallest absolute Gasteiger partial charge is 0.141 e. The Kier molecular flexibility index (Phi) is 3.82. The highest BCUT2D eigenvalue weighted by Crippen LogP contribution is 2.21. The number of carbonyl (C=O) groups is 1. The molecular weight excluding hydrogens is 210 g/mol. The number of rotatable bonds is 2. The molecule has 1 unspecified atom stereocenters. The minimum absolute atomic E-state index is 0.198. The van der Waals surface area contributed by atoms with Crippen LogP contribution in [0.15, 0.2) is 23.8 Å². The van der Waals surface area contributed by atoms with E-state index < -0.39 is 0 Å². The maximum atomic E-state index is 11.8. The summed E-state index contributed by atoms with van der Waals surface area (Å²) in [5, 5.41) is 0. The third-order valence-corrected chi connectivity index (χ3v) is 3.78. The number of hydrogen-bond donors (Lipinski definition) is 0. The molecule has 0 aromatic carbocycles. The molecule has 94 valence electrons. The molecule has 0 aromatic rings. The van der Waals surface area contributed by atoms with E-state index in [4.69, 9.17) is 0 Å². The van der Waals surface area contributed by atoms with Gasteiger partial charge in [-0.1, -0.05) is 39.0 Å². The lowest BCUT2D eigenvalue weighted by atomic mass is 9.89. The predicted octanol–water partition coefficient (Wildman–Crippen LogP) is 2.67. The molecule has 1 heterocycles. The van der Waals surface area contributed by atoms with Crippen molar-refractivity contribution in [2.24, 2.45) is 17.8 Å². The quantitative estimate of drug-likeness (QED) is 0.731. The molecule has 17 heavy (non-hydrogen) atoms. The number of ketones is 1. The summed E-state index contributed by atoms with van der Waals surface area (Å²) in [7, 11) is 0. The first-order valence-electron chi connectivity index (χ1n) is 6.69. The lowest BCUT2D eigenvalue weighted by Gasteiger charge is -2.34. The van der Waals surface area contributed by atoms with Gasteiger partial charge >= 0.3 is 0 Å². The Labute approximate surface area is 104 Å². The van der Waals surface area contributed by atoms with Crippen molar-refractivity contribution in [3.8, 4) is 0 Å². The molecule has 2 rings (SSSR count). The lowest BCUT2D eigenvalue weighted by Crippen LogP contribution is -2.45. The molecular formula is C15H23NO. The van der Waals surface area contributed by atoms with E-state index in [1.165, 1.54) is 5.57 Å². The molecule has 0 amide bonds. The summed E-state index contributed by atoms with van der Waals surface area (Å²) in [6.45, 7) is 9.21. The van der Waals surface area contributed by atoms with E-state index in [9.17, 15) is 4.79 Å². The highest BCUT2D eigenvalue weighted by atomic mass is 16.1. The third kappa shape index (κ3) is 3.06. The highest BCUT2D eigenvalue weighted by molar-refractivity contribution is 5.83. The first-order valence-corrected chi connectivity index (χ1v) is 6.69. The fraction of sp³-hybridized carbons (Fsp3) is 0.667. The molecule has 0 aromatic heterocycles. The van der Waals surface area contributed by atoms with E-state index in [0.717, 1.165) is 26.1 Å². The Balaban J connectivity index is 1.96. The number of piperidine rings is 1. The van der Waals surface area contributed by atoms with Gasteiger partial charge in [-0.25, -0.2) is 0 Å². The van der Waals surface area contributed by atoms with Crippen LogP contribution < -0.4 is 0 Å². The number of nitrogens with zero attached hydrogens (tertiary/aromatic N) is 1. The molecule has 2 heteroatoms. The molecule has 1 saturated heterocycles. The van der Waals surface area contributed by atoms with Gasteiger partial charge in [-0.3, -0.25) is 9.69 Å². The number of allylic oxidation sites excluding steroid dienone is 2. The van der Waals surface area contributed by atoms with Crippen molar-refractivity contribution in [3.05, 3.63) is 23.8 Å². The normalized spacial score (nSPS) is 34.9. The standard InChI is InChI=1S/C15H23NO/c1-11-5-4-6-14(7-11)10-16-8-12(2)15(17)13(3)9-16/h4,6-7,11-13H,5,8-10H2,1-3H3/t11?,12-,13+. The van der Waals surface area contributed by atoms with E-state index in [1.54, 1.807) is 0 Å². The van der Waals surface area contributed by atoms with Crippen LogP contribution in [0.1, 0.15) is 27.2 Å². The van der Waals surface area contributed by atoms with Crippen LogP contribution in [0.5, 0.6) is 0 Å². The number of carbonyl (C=O) groups excluding carboxylic acids is 1. The second-order valence-corrected chi connectivity index (χ2v) is 5.76. The van der Waals surface area contributed by atoms with Gasteiger partial charge in [-0.2, -0.15) is 0 Å². The molecule has 1 aliphatic carbocycles. The average Bonchev–Trinajstić information content (AvgIpc) is 2.26. The molecule has 0 spiro atoms. The second kappa shape index (κ2) is 5.18. The second-order valence-electron chi connectivity index (χ2n) is 5.76. The Morgan fingerprint density at radius 1 is 1.24 bits per heavy atom. The number of Topliss-reactive ketones (excluding diaryl/α,β-unsaturated/α-hetero) is 1. The maximum absolute atomic E-state index is 11.8. The minimum Gasteiger partial charge on any atom is -0.299 e. The first kappa shape index (κ1) is 12.6. The van der Waals surface area contributed by atoms with Crippen LogP contribution in [0.4, 0.5) is 0 Å². The molecule has 0 N–H and O–H groups in total. The summed E-state index contributed by atoms with van der Waals surface area (Å²) in [6, 6.07) is 0. The molecule has 2 aliphatic rings. The van der Waals surface area contributed by atoms with Crippen molar-refractivity contribution in [2.45, 2.75) is 27.2 Å². The summed E-state index contributed by atoms with van der Waals surface area (Å²) >= 11 is 0. The fourth-order valence-corrected chi connectivity index (χ4v) is 2.93. The molecule has 0 saturated carbocycles. The summed E-state index contributed by atoms with van der Waals surface area (Å²) in [5.74, 6) is 1.49. The monoisotopic (exact) mass is 233 g/mol.